The van der Waals surface area contributed by atoms with Crippen molar-refractivity contribution >= 4 is 23.1 Å². The van der Waals surface area contributed by atoms with Crippen LogP contribution in [-0.2, 0) is 10.2 Å². The predicted octanol–water partition coefficient (Wildman–Crippen LogP) is 4.38. The lowest BCUT2D eigenvalue weighted by Gasteiger charge is -2.20. The largest absolute Gasteiger partial charge is 0.339 e. The second-order valence-corrected chi connectivity index (χ2v) is 8.34. The van der Waals surface area contributed by atoms with E-state index in [1.165, 1.54) is 5.56 Å². The van der Waals surface area contributed by atoms with E-state index in [-0.39, 0.29) is 21.9 Å². The van der Waals surface area contributed by atoms with Crippen molar-refractivity contribution in [3.05, 3.63) is 74.7 Å². The van der Waals surface area contributed by atoms with E-state index >= 15 is 0 Å². The molecule has 1 aliphatic rings. The van der Waals surface area contributed by atoms with E-state index in [2.05, 4.69) is 50.0 Å². The van der Waals surface area contributed by atoms with Gasteiger partial charge >= 0.3 is 0 Å². The van der Waals surface area contributed by atoms with Crippen LogP contribution in [0.2, 0.25) is 5.02 Å². The van der Waals surface area contributed by atoms with E-state index in [1.54, 1.807) is 12.1 Å². The van der Waals surface area contributed by atoms with Gasteiger partial charge in [-0.15, -0.1) is 0 Å². The van der Waals surface area contributed by atoms with Gasteiger partial charge in [-0.25, -0.2) is 0 Å². The first-order valence-corrected chi connectivity index (χ1v) is 9.61. The lowest BCUT2D eigenvalue weighted by atomic mass is 9.86. The van der Waals surface area contributed by atoms with E-state index in [1.807, 2.05) is 11.0 Å². The molecule has 2 aromatic rings. The fraction of sp³-hybridized carbons (Fsp3) is 0.364. The minimum atomic E-state index is -0.316. The number of H-pyrrole nitrogens is 1. The van der Waals surface area contributed by atoms with Crippen LogP contribution in [0.1, 0.15) is 50.4 Å². The zero-order chi connectivity index (χ0) is 19.6. The van der Waals surface area contributed by atoms with Crippen LogP contribution in [0.4, 0.5) is 0 Å². The maximum atomic E-state index is 12.0. The molecule has 0 atom stereocenters. The number of hydrogen-bond acceptors (Lipinski definition) is 2. The molecular weight excluding hydrogens is 360 g/mol. The van der Waals surface area contributed by atoms with Gasteiger partial charge in [0, 0.05) is 30.8 Å². The van der Waals surface area contributed by atoms with Crippen LogP contribution in [0, 0.1) is 0 Å². The molecule has 142 valence electrons. The maximum absolute atomic E-state index is 12.0. The summed E-state index contributed by atoms with van der Waals surface area (Å²) in [6, 6.07) is 11.7. The van der Waals surface area contributed by atoms with Gasteiger partial charge in [-0.3, -0.25) is 9.59 Å². The Kier molecular flexibility index (Phi) is 5.56. The third kappa shape index (κ3) is 4.51. The molecule has 3 rings (SSSR count). The molecule has 1 aromatic carbocycles. The fourth-order valence-electron chi connectivity index (χ4n) is 3.24. The molecule has 1 fully saturated rings. The molecule has 0 bridgehead atoms. The molecule has 27 heavy (non-hydrogen) atoms. The summed E-state index contributed by atoms with van der Waals surface area (Å²) in [5.41, 5.74) is 3.57. The average molecular weight is 385 g/mol. The second-order valence-electron chi connectivity index (χ2n) is 7.94. The normalized spacial score (nSPS) is 15.5. The van der Waals surface area contributed by atoms with Gasteiger partial charge in [0.05, 0.1) is 0 Å². The van der Waals surface area contributed by atoms with Crippen LogP contribution in [0.3, 0.4) is 0 Å². The maximum Gasteiger partial charge on any atom is 0.267 e. The number of nitrogens with zero attached hydrogens (tertiary/aromatic N) is 1. The van der Waals surface area contributed by atoms with Crippen molar-refractivity contribution in [2.24, 2.45) is 0 Å². The predicted molar refractivity (Wildman–Crippen MR) is 110 cm³/mol. The van der Waals surface area contributed by atoms with Crippen LogP contribution in [-0.4, -0.2) is 28.9 Å². The molecule has 1 aliphatic heterocycles. The van der Waals surface area contributed by atoms with Crippen molar-refractivity contribution in [2.45, 2.75) is 39.0 Å². The molecule has 5 heteroatoms. The molecule has 1 aromatic heterocycles. The number of halogens is 1. The van der Waals surface area contributed by atoms with Crippen molar-refractivity contribution < 1.29 is 4.79 Å². The fourth-order valence-corrected chi connectivity index (χ4v) is 3.35. The smallest absolute Gasteiger partial charge is 0.267 e. The Labute approximate surface area is 164 Å². The third-order valence-electron chi connectivity index (χ3n) is 4.90. The van der Waals surface area contributed by atoms with E-state index < -0.39 is 0 Å². The number of aromatic nitrogens is 1. The molecule has 0 radical (unpaired) electrons. The Morgan fingerprint density at radius 1 is 1.15 bits per heavy atom. The summed E-state index contributed by atoms with van der Waals surface area (Å²) in [6.45, 7) is 7.83. The summed E-state index contributed by atoms with van der Waals surface area (Å²) < 4.78 is 0. The Balaban J connectivity index is 1.99. The zero-order valence-corrected chi connectivity index (χ0v) is 16.8. The molecule has 0 spiro atoms. The minimum absolute atomic E-state index is 0.0684. The molecule has 0 saturated carbocycles. The first-order chi connectivity index (χ1) is 12.8. The molecule has 4 nitrogen and oxygen atoms in total. The summed E-state index contributed by atoms with van der Waals surface area (Å²) >= 11 is 5.89. The topological polar surface area (TPSA) is 53.2 Å². The first-order valence-electron chi connectivity index (χ1n) is 9.24. The highest BCUT2D eigenvalue weighted by Gasteiger charge is 2.19. The lowest BCUT2D eigenvalue weighted by molar-refractivity contribution is -0.127. The average Bonchev–Trinajstić information content (AvgIpc) is 3.03. The monoisotopic (exact) mass is 384 g/mol. The number of carbonyl (C=O) groups is 1. The van der Waals surface area contributed by atoms with Crippen LogP contribution in [0.5, 0.6) is 0 Å². The first kappa shape index (κ1) is 19.4. The Morgan fingerprint density at radius 3 is 2.41 bits per heavy atom. The van der Waals surface area contributed by atoms with Gasteiger partial charge in [0.1, 0.15) is 5.02 Å². The summed E-state index contributed by atoms with van der Waals surface area (Å²) in [6.07, 6.45) is 3.52. The molecule has 1 saturated heterocycles. The van der Waals surface area contributed by atoms with Gasteiger partial charge in [-0.2, -0.15) is 0 Å². The van der Waals surface area contributed by atoms with Crippen LogP contribution in [0.25, 0.3) is 5.57 Å². The van der Waals surface area contributed by atoms with E-state index in [9.17, 15) is 9.59 Å². The SMILES string of the molecule is CC(C)(C)c1ccc(C(=CCN2CCCC2=O)c2ccc(Cl)c(=O)[nH]2)cc1. The number of carbonyl (C=O) groups excluding carboxylic acids is 1. The van der Waals surface area contributed by atoms with Gasteiger partial charge in [0.2, 0.25) is 5.91 Å². The second kappa shape index (κ2) is 7.73. The Bertz CT molecular complexity index is 921. The van der Waals surface area contributed by atoms with E-state index in [4.69, 9.17) is 11.6 Å². The number of nitrogens with one attached hydrogen (secondary N) is 1. The van der Waals surface area contributed by atoms with Gasteiger partial charge in [-0.1, -0.05) is 62.7 Å². The quantitative estimate of drug-likeness (QED) is 0.850. The molecule has 1 amide bonds. The highest BCUT2D eigenvalue weighted by molar-refractivity contribution is 6.30. The molecule has 0 aliphatic carbocycles. The van der Waals surface area contributed by atoms with Crippen LogP contribution in [0.15, 0.2) is 47.3 Å². The standard InChI is InChI=1S/C22H25ClN2O2/c1-22(2,3)16-8-6-15(7-9-16)17(12-14-25-13-4-5-20(25)26)19-11-10-18(23)21(27)24-19/h6-12H,4-5,13-14H2,1-3H3,(H,24,27). The molecular formula is C22H25ClN2O2. The van der Waals surface area contributed by atoms with Crippen molar-refractivity contribution in [3.63, 3.8) is 0 Å². The van der Waals surface area contributed by atoms with Crippen molar-refractivity contribution in [2.75, 3.05) is 13.1 Å². The summed E-state index contributed by atoms with van der Waals surface area (Å²) in [4.78, 5) is 28.6. The van der Waals surface area contributed by atoms with Gasteiger partial charge in [0.15, 0.2) is 0 Å². The van der Waals surface area contributed by atoms with Crippen LogP contribution >= 0.6 is 11.6 Å². The number of benzene rings is 1. The van der Waals surface area contributed by atoms with E-state index in [0.717, 1.165) is 24.1 Å². The Hall–Kier alpha value is -2.33. The highest BCUT2D eigenvalue weighted by Crippen LogP contribution is 2.27. The number of amides is 1. The number of hydrogen-bond donors (Lipinski definition) is 1. The van der Waals surface area contributed by atoms with Gasteiger partial charge in [-0.05, 0) is 35.1 Å². The Morgan fingerprint density at radius 2 is 1.85 bits per heavy atom. The zero-order valence-electron chi connectivity index (χ0n) is 16.0. The van der Waals surface area contributed by atoms with Crippen LogP contribution < -0.4 is 5.56 Å². The molecule has 0 unspecified atom stereocenters. The van der Waals surface area contributed by atoms with Gasteiger partial charge in [0.25, 0.3) is 5.56 Å². The summed E-state index contributed by atoms with van der Waals surface area (Å²) in [7, 11) is 0. The van der Waals surface area contributed by atoms with Crippen molar-refractivity contribution in [1.82, 2.24) is 9.88 Å². The minimum Gasteiger partial charge on any atom is -0.339 e. The number of aromatic amines is 1. The number of likely N-dealkylation sites (tertiary alicyclic amines) is 1. The van der Waals surface area contributed by atoms with E-state index in [0.29, 0.717) is 18.7 Å². The third-order valence-corrected chi connectivity index (χ3v) is 5.20. The molecule has 1 N–H and O–H groups in total. The van der Waals surface area contributed by atoms with Gasteiger partial charge < -0.3 is 9.88 Å². The number of pyridine rings is 1. The molecule has 2 heterocycles. The summed E-state index contributed by atoms with van der Waals surface area (Å²) in [5, 5.41) is 0.163. The number of rotatable bonds is 4. The lowest BCUT2D eigenvalue weighted by Crippen LogP contribution is -2.24. The van der Waals surface area contributed by atoms with Crippen molar-refractivity contribution in [3.8, 4) is 0 Å². The van der Waals surface area contributed by atoms with Crippen molar-refractivity contribution in [1.29, 1.82) is 0 Å². The highest BCUT2D eigenvalue weighted by atomic mass is 35.5. The summed E-state index contributed by atoms with van der Waals surface area (Å²) in [5.74, 6) is 0.179.